The van der Waals surface area contributed by atoms with Gasteiger partial charge in [0, 0.05) is 18.3 Å². The topological polar surface area (TPSA) is 3.24 Å². The summed E-state index contributed by atoms with van der Waals surface area (Å²) >= 11 is 0. The van der Waals surface area contributed by atoms with E-state index < -0.39 is 0 Å². The average molecular weight is 237 g/mol. The van der Waals surface area contributed by atoms with Crippen molar-refractivity contribution in [3.8, 4) is 0 Å². The number of allylic oxidation sites excluding steroid dienone is 1. The monoisotopic (exact) mass is 237 g/mol. The Hall–Kier alpha value is -0.460. The van der Waals surface area contributed by atoms with Gasteiger partial charge in [0.15, 0.2) is 0 Å². The van der Waals surface area contributed by atoms with E-state index in [1.165, 1.54) is 25.1 Å². The predicted molar refractivity (Wildman–Crippen MR) is 76.9 cm³/mol. The summed E-state index contributed by atoms with van der Waals surface area (Å²) in [4.78, 5) is 2.60. The molecule has 1 heteroatoms. The third-order valence-electron chi connectivity index (χ3n) is 3.77. The Labute approximate surface area is 108 Å². The van der Waals surface area contributed by atoms with Gasteiger partial charge in [0.1, 0.15) is 0 Å². The van der Waals surface area contributed by atoms with Crippen molar-refractivity contribution in [1.82, 2.24) is 4.90 Å². The van der Waals surface area contributed by atoms with Crippen LogP contribution in [0.15, 0.2) is 12.3 Å². The van der Waals surface area contributed by atoms with E-state index in [1.54, 1.807) is 0 Å². The lowest BCUT2D eigenvalue weighted by atomic mass is 9.85. The minimum absolute atomic E-state index is 0.347. The third-order valence-corrected chi connectivity index (χ3v) is 3.77. The highest BCUT2D eigenvalue weighted by Crippen LogP contribution is 2.33. The molecule has 0 amide bonds. The first-order valence-corrected chi connectivity index (χ1v) is 7.15. The molecule has 100 valence electrons. The molecule has 1 fully saturated rings. The van der Waals surface area contributed by atoms with Crippen molar-refractivity contribution in [1.29, 1.82) is 0 Å². The van der Waals surface area contributed by atoms with Crippen LogP contribution >= 0.6 is 0 Å². The summed E-state index contributed by atoms with van der Waals surface area (Å²) in [5.41, 5.74) is 1.70. The molecule has 0 aromatic heterocycles. The molecule has 17 heavy (non-hydrogen) atoms. The SMILES string of the molecule is C=C(CC(C)(C)C)N1CC(C)CCC1C(C)C. The molecule has 1 heterocycles. The van der Waals surface area contributed by atoms with E-state index in [9.17, 15) is 0 Å². The van der Waals surface area contributed by atoms with Crippen LogP contribution in [-0.4, -0.2) is 17.5 Å². The van der Waals surface area contributed by atoms with Gasteiger partial charge in [-0.25, -0.2) is 0 Å². The second kappa shape index (κ2) is 5.46. The fraction of sp³-hybridized carbons (Fsp3) is 0.875. The highest BCUT2D eigenvalue weighted by atomic mass is 15.2. The number of rotatable bonds is 3. The zero-order chi connectivity index (χ0) is 13.2. The highest BCUT2D eigenvalue weighted by Gasteiger charge is 2.30. The van der Waals surface area contributed by atoms with Crippen LogP contribution < -0.4 is 0 Å². The van der Waals surface area contributed by atoms with Crippen molar-refractivity contribution < 1.29 is 0 Å². The number of hydrogen-bond acceptors (Lipinski definition) is 1. The molecule has 1 aliphatic rings. The van der Waals surface area contributed by atoms with E-state index in [-0.39, 0.29) is 0 Å². The van der Waals surface area contributed by atoms with Crippen molar-refractivity contribution in [3.05, 3.63) is 12.3 Å². The average Bonchev–Trinajstić information content (AvgIpc) is 2.14. The van der Waals surface area contributed by atoms with Crippen molar-refractivity contribution >= 4 is 0 Å². The van der Waals surface area contributed by atoms with Gasteiger partial charge in [-0.15, -0.1) is 0 Å². The van der Waals surface area contributed by atoms with E-state index in [2.05, 4.69) is 53.0 Å². The van der Waals surface area contributed by atoms with Gasteiger partial charge in [0.25, 0.3) is 0 Å². The summed E-state index contributed by atoms with van der Waals surface area (Å²) in [6, 6.07) is 0.709. The maximum Gasteiger partial charge on any atom is 0.0309 e. The van der Waals surface area contributed by atoms with E-state index in [0.29, 0.717) is 11.5 Å². The largest absolute Gasteiger partial charge is 0.372 e. The van der Waals surface area contributed by atoms with Gasteiger partial charge in [-0.2, -0.15) is 0 Å². The van der Waals surface area contributed by atoms with Crippen LogP contribution in [0.25, 0.3) is 0 Å². The van der Waals surface area contributed by atoms with Gasteiger partial charge in [0.05, 0.1) is 0 Å². The summed E-state index contributed by atoms with van der Waals surface area (Å²) in [6.45, 7) is 19.5. The van der Waals surface area contributed by atoms with Crippen LogP contribution in [-0.2, 0) is 0 Å². The Kier molecular flexibility index (Phi) is 4.69. The van der Waals surface area contributed by atoms with Crippen LogP contribution in [0, 0.1) is 17.3 Å². The molecular weight excluding hydrogens is 206 g/mol. The molecule has 0 bridgehead atoms. The van der Waals surface area contributed by atoms with Crippen LogP contribution in [0.1, 0.15) is 60.8 Å². The Morgan fingerprint density at radius 2 is 1.88 bits per heavy atom. The first-order valence-electron chi connectivity index (χ1n) is 7.15. The lowest BCUT2D eigenvalue weighted by Gasteiger charge is -2.44. The smallest absolute Gasteiger partial charge is 0.0309 e. The Bertz CT molecular complexity index is 259. The van der Waals surface area contributed by atoms with Gasteiger partial charge in [-0.05, 0) is 36.5 Å². The molecule has 0 aromatic carbocycles. The number of piperidine rings is 1. The number of likely N-dealkylation sites (tertiary alicyclic amines) is 1. The third kappa shape index (κ3) is 4.37. The molecular formula is C16H31N. The maximum atomic E-state index is 4.36. The summed E-state index contributed by atoms with van der Waals surface area (Å²) in [5, 5.41) is 0. The van der Waals surface area contributed by atoms with E-state index in [0.717, 1.165) is 18.3 Å². The molecule has 2 atom stereocenters. The first kappa shape index (κ1) is 14.6. The maximum absolute atomic E-state index is 4.36. The van der Waals surface area contributed by atoms with Gasteiger partial charge < -0.3 is 4.90 Å². The van der Waals surface area contributed by atoms with Crippen LogP contribution in [0.5, 0.6) is 0 Å². The number of hydrogen-bond donors (Lipinski definition) is 0. The molecule has 0 aromatic rings. The Morgan fingerprint density at radius 1 is 1.29 bits per heavy atom. The number of nitrogens with zero attached hydrogens (tertiary/aromatic N) is 1. The summed E-state index contributed by atoms with van der Waals surface area (Å²) in [7, 11) is 0. The van der Waals surface area contributed by atoms with Crippen LogP contribution in [0.4, 0.5) is 0 Å². The van der Waals surface area contributed by atoms with Crippen LogP contribution in [0.2, 0.25) is 0 Å². The van der Waals surface area contributed by atoms with E-state index in [1.807, 2.05) is 0 Å². The lowest BCUT2D eigenvalue weighted by Crippen LogP contribution is -2.45. The molecule has 0 radical (unpaired) electrons. The molecule has 2 unspecified atom stereocenters. The van der Waals surface area contributed by atoms with Crippen molar-refractivity contribution in [2.75, 3.05) is 6.54 Å². The van der Waals surface area contributed by atoms with Gasteiger partial charge in [0.2, 0.25) is 0 Å². The van der Waals surface area contributed by atoms with Crippen molar-refractivity contribution in [2.24, 2.45) is 17.3 Å². The van der Waals surface area contributed by atoms with Gasteiger partial charge >= 0.3 is 0 Å². The molecule has 0 N–H and O–H groups in total. The zero-order valence-electron chi connectivity index (χ0n) is 12.7. The minimum Gasteiger partial charge on any atom is -0.372 e. The molecule has 1 aliphatic heterocycles. The predicted octanol–water partition coefficient (Wildman–Crippen LogP) is 4.69. The Morgan fingerprint density at radius 3 is 2.35 bits per heavy atom. The summed E-state index contributed by atoms with van der Waals surface area (Å²) in [6.07, 6.45) is 3.83. The fourth-order valence-corrected chi connectivity index (χ4v) is 2.94. The summed E-state index contributed by atoms with van der Waals surface area (Å²) < 4.78 is 0. The first-order chi connectivity index (χ1) is 7.70. The lowest BCUT2D eigenvalue weighted by molar-refractivity contribution is 0.108. The van der Waals surface area contributed by atoms with E-state index in [4.69, 9.17) is 0 Å². The van der Waals surface area contributed by atoms with Gasteiger partial charge in [-0.1, -0.05) is 48.1 Å². The van der Waals surface area contributed by atoms with E-state index >= 15 is 0 Å². The molecule has 1 nitrogen and oxygen atoms in total. The second-order valence-electron chi connectivity index (χ2n) is 7.45. The minimum atomic E-state index is 0.347. The molecule has 0 aliphatic carbocycles. The molecule has 0 saturated carbocycles. The second-order valence-corrected chi connectivity index (χ2v) is 7.45. The highest BCUT2D eigenvalue weighted by molar-refractivity contribution is 5.02. The standard InChI is InChI=1S/C16H31N/c1-12(2)15-9-8-13(3)11-17(15)14(4)10-16(5,6)7/h12-13,15H,4,8-11H2,1-3,5-7H3. The molecule has 0 spiro atoms. The van der Waals surface area contributed by atoms with Crippen molar-refractivity contribution in [2.45, 2.75) is 66.8 Å². The van der Waals surface area contributed by atoms with Gasteiger partial charge in [-0.3, -0.25) is 0 Å². The van der Waals surface area contributed by atoms with Crippen molar-refractivity contribution in [3.63, 3.8) is 0 Å². The molecule has 1 saturated heterocycles. The fourth-order valence-electron chi connectivity index (χ4n) is 2.94. The molecule has 1 rings (SSSR count). The van der Waals surface area contributed by atoms with Crippen LogP contribution in [0.3, 0.4) is 0 Å². The normalized spacial score (nSPS) is 26.4. The zero-order valence-corrected chi connectivity index (χ0v) is 12.7. The Balaban J connectivity index is 2.72. The quantitative estimate of drug-likeness (QED) is 0.688. The summed E-state index contributed by atoms with van der Waals surface area (Å²) in [5.74, 6) is 1.56.